The Labute approximate surface area is 166 Å². The van der Waals surface area contributed by atoms with Crippen molar-refractivity contribution in [3.05, 3.63) is 63.6 Å². The van der Waals surface area contributed by atoms with Crippen LogP contribution >= 0.6 is 27.5 Å². The van der Waals surface area contributed by atoms with Crippen molar-refractivity contribution in [2.45, 2.75) is 37.6 Å². The van der Waals surface area contributed by atoms with Gasteiger partial charge in [0.2, 0.25) is 5.91 Å². The van der Waals surface area contributed by atoms with Gasteiger partial charge in [-0.25, -0.2) is 0 Å². The number of anilines is 1. The predicted octanol–water partition coefficient (Wildman–Crippen LogP) is 5.17. The maximum absolute atomic E-state index is 13.1. The highest BCUT2D eigenvalue weighted by molar-refractivity contribution is 9.10. The Kier molecular flexibility index (Phi) is 5.99. The number of rotatable bonds is 4. The summed E-state index contributed by atoms with van der Waals surface area (Å²) in [6.07, 6.45) is 4.11. The number of nitrogens with one attached hydrogen (secondary N) is 2. The summed E-state index contributed by atoms with van der Waals surface area (Å²) in [7, 11) is 0. The zero-order valence-electron chi connectivity index (χ0n) is 14.2. The van der Waals surface area contributed by atoms with Gasteiger partial charge in [0.1, 0.15) is 5.54 Å². The molecule has 136 valence electrons. The second kappa shape index (κ2) is 8.23. The monoisotopic (exact) mass is 434 g/mol. The summed E-state index contributed by atoms with van der Waals surface area (Å²) in [5.74, 6) is -0.444. The van der Waals surface area contributed by atoms with Gasteiger partial charge in [-0.05, 0) is 59.1 Å². The summed E-state index contributed by atoms with van der Waals surface area (Å²) in [6.45, 7) is 0. The molecule has 1 fully saturated rings. The van der Waals surface area contributed by atoms with Crippen molar-refractivity contribution in [1.82, 2.24) is 5.32 Å². The van der Waals surface area contributed by atoms with E-state index in [1.165, 1.54) is 0 Å². The van der Waals surface area contributed by atoms with Crippen molar-refractivity contribution >= 4 is 45.0 Å². The fraction of sp³-hybridized carbons (Fsp3) is 0.300. The average molecular weight is 436 g/mol. The van der Waals surface area contributed by atoms with Crippen LogP contribution in [0.2, 0.25) is 5.02 Å². The van der Waals surface area contributed by atoms with Gasteiger partial charge in [-0.3, -0.25) is 9.59 Å². The Bertz CT molecular complexity index is 819. The normalized spacial score (nSPS) is 15.9. The summed E-state index contributed by atoms with van der Waals surface area (Å²) in [4.78, 5) is 25.9. The molecule has 2 amide bonds. The van der Waals surface area contributed by atoms with Gasteiger partial charge in [-0.15, -0.1) is 0 Å². The molecule has 2 aromatic carbocycles. The fourth-order valence-electron chi connectivity index (χ4n) is 3.31. The molecule has 0 aromatic heterocycles. The van der Waals surface area contributed by atoms with Gasteiger partial charge < -0.3 is 10.6 Å². The topological polar surface area (TPSA) is 58.2 Å². The van der Waals surface area contributed by atoms with E-state index in [1.54, 1.807) is 36.4 Å². The second-order valence-corrected chi connectivity index (χ2v) is 7.83. The SMILES string of the molecule is O=C(NC1(C(=O)Nc2cccc(Cl)c2)CCCCC1)c1ccccc1Br. The summed E-state index contributed by atoms with van der Waals surface area (Å²) in [6, 6.07) is 14.2. The van der Waals surface area contributed by atoms with E-state index in [-0.39, 0.29) is 11.8 Å². The molecule has 3 rings (SSSR count). The minimum absolute atomic E-state index is 0.195. The minimum Gasteiger partial charge on any atom is -0.338 e. The van der Waals surface area contributed by atoms with E-state index < -0.39 is 5.54 Å². The molecule has 0 radical (unpaired) electrons. The van der Waals surface area contributed by atoms with Crippen LogP contribution in [0.5, 0.6) is 0 Å². The lowest BCUT2D eigenvalue weighted by molar-refractivity contribution is -0.123. The molecule has 1 aliphatic carbocycles. The van der Waals surface area contributed by atoms with Crippen molar-refractivity contribution in [3.63, 3.8) is 0 Å². The molecule has 1 aliphatic rings. The van der Waals surface area contributed by atoms with Crippen molar-refractivity contribution in [2.24, 2.45) is 0 Å². The lowest BCUT2D eigenvalue weighted by atomic mass is 9.80. The Morgan fingerprint density at radius 3 is 2.42 bits per heavy atom. The van der Waals surface area contributed by atoms with Crippen LogP contribution in [-0.2, 0) is 4.79 Å². The fourth-order valence-corrected chi connectivity index (χ4v) is 3.97. The third kappa shape index (κ3) is 4.27. The van der Waals surface area contributed by atoms with Gasteiger partial charge in [0.15, 0.2) is 0 Å². The Balaban J connectivity index is 1.83. The maximum atomic E-state index is 13.1. The van der Waals surface area contributed by atoms with E-state index in [0.29, 0.717) is 33.6 Å². The van der Waals surface area contributed by atoms with Gasteiger partial charge in [0, 0.05) is 15.2 Å². The first-order chi connectivity index (χ1) is 12.5. The lowest BCUT2D eigenvalue weighted by Crippen LogP contribution is -2.57. The lowest BCUT2D eigenvalue weighted by Gasteiger charge is -2.36. The quantitative estimate of drug-likeness (QED) is 0.695. The summed E-state index contributed by atoms with van der Waals surface area (Å²) >= 11 is 9.41. The van der Waals surface area contributed by atoms with Crippen molar-refractivity contribution in [3.8, 4) is 0 Å². The first-order valence-corrected chi connectivity index (χ1v) is 9.81. The Morgan fingerprint density at radius 2 is 1.73 bits per heavy atom. The third-order valence-corrected chi connectivity index (χ3v) is 5.62. The van der Waals surface area contributed by atoms with Crippen LogP contribution in [0.15, 0.2) is 53.0 Å². The van der Waals surface area contributed by atoms with Gasteiger partial charge in [-0.2, -0.15) is 0 Å². The highest BCUT2D eigenvalue weighted by Gasteiger charge is 2.41. The van der Waals surface area contributed by atoms with Gasteiger partial charge in [0.05, 0.1) is 5.56 Å². The maximum Gasteiger partial charge on any atom is 0.253 e. The summed E-state index contributed by atoms with van der Waals surface area (Å²) < 4.78 is 0.707. The number of carbonyl (C=O) groups excluding carboxylic acids is 2. The molecule has 0 bridgehead atoms. The Hall–Kier alpha value is -1.85. The van der Waals surface area contributed by atoms with Crippen LogP contribution in [0.3, 0.4) is 0 Å². The minimum atomic E-state index is -0.910. The van der Waals surface area contributed by atoms with Crippen LogP contribution in [0, 0.1) is 0 Å². The number of benzene rings is 2. The average Bonchev–Trinajstić information content (AvgIpc) is 2.62. The number of halogens is 2. The molecular weight excluding hydrogens is 416 g/mol. The molecule has 0 atom stereocenters. The third-order valence-electron chi connectivity index (χ3n) is 4.70. The number of hydrogen-bond donors (Lipinski definition) is 2. The first kappa shape index (κ1) is 18.9. The van der Waals surface area contributed by atoms with Crippen LogP contribution in [0.4, 0.5) is 5.69 Å². The smallest absolute Gasteiger partial charge is 0.253 e. The zero-order chi connectivity index (χ0) is 18.6. The first-order valence-electron chi connectivity index (χ1n) is 8.64. The predicted molar refractivity (Wildman–Crippen MR) is 108 cm³/mol. The number of carbonyl (C=O) groups is 2. The van der Waals surface area contributed by atoms with E-state index in [1.807, 2.05) is 12.1 Å². The van der Waals surface area contributed by atoms with E-state index in [2.05, 4.69) is 26.6 Å². The molecule has 0 heterocycles. The summed E-state index contributed by atoms with van der Waals surface area (Å²) in [5.41, 5.74) is 0.239. The molecule has 0 unspecified atom stereocenters. The van der Waals surface area contributed by atoms with Gasteiger partial charge >= 0.3 is 0 Å². The highest BCUT2D eigenvalue weighted by atomic mass is 79.9. The molecular formula is C20H20BrClN2O2. The molecule has 26 heavy (non-hydrogen) atoms. The number of amides is 2. The molecule has 2 aromatic rings. The summed E-state index contributed by atoms with van der Waals surface area (Å²) in [5, 5.41) is 6.48. The van der Waals surface area contributed by atoms with E-state index in [0.717, 1.165) is 19.3 Å². The highest BCUT2D eigenvalue weighted by Crippen LogP contribution is 2.31. The van der Waals surface area contributed by atoms with Crippen LogP contribution in [-0.4, -0.2) is 17.4 Å². The van der Waals surface area contributed by atoms with Crippen molar-refractivity contribution in [2.75, 3.05) is 5.32 Å². The van der Waals surface area contributed by atoms with Crippen LogP contribution < -0.4 is 10.6 Å². The Morgan fingerprint density at radius 1 is 1.00 bits per heavy atom. The second-order valence-electron chi connectivity index (χ2n) is 6.54. The molecule has 0 aliphatic heterocycles. The van der Waals surface area contributed by atoms with Crippen LogP contribution in [0.25, 0.3) is 0 Å². The molecule has 4 nitrogen and oxygen atoms in total. The molecule has 1 saturated carbocycles. The van der Waals surface area contributed by atoms with Gasteiger partial charge in [-0.1, -0.05) is 49.1 Å². The molecule has 2 N–H and O–H groups in total. The van der Waals surface area contributed by atoms with E-state index in [4.69, 9.17) is 11.6 Å². The molecule has 0 saturated heterocycles. The van der Waals surface area contributed by atoms with E-state index in [9.17, 15) is 9.59 Å². The standard InChI is InChI=1S/C20H20BrClN2O2/c21-17-10-3-2-9-16(17)18(25)24-20(11-4-1-5-12-20)19(26)23-15-8-6-7-14(22)13-15/h2-3,6-10,13H,1,4-5,11-12H2,(H,23,26)(H,24,25). The zero-order valence-corrected chi connectivity index (χ0v) is 16.6. The van der Waals surface area contributed by atoms with Gasteiger partial charge in [0.25, 0.3) is 5.91 Å². The molecule has 0 spiro atoms. The molecule has 6 heteroatoms. The van der Waals surface area contributed by atoms with Crippen molar-refractivity contribution in [1.29, 1.82) is 0 Å². The van der Waals surface area contributed by atoms with E-state index >= 15 is 0 Å². The van der Waals surface area contributed by atoms with Crippen molar-refractivity contribution < 1.29 is 9.59 Å². The number of hydrogen-bond acceptors (Lipinski definition) is 2. The largest absolute Gasteiger partial charge is 0.338 e. The van der Waals surface area contributed by atoms with Crippen LogP contribution in [0.1, 0.15) is 42.5 Å².